The lowest BCUT2D eigenvalue weighted by Gasteiger charge is -2.35. The Hall–Kier alpha value is -1.48. The van der Waals surface area contributed by atoms with Crippen molar-refractivity contribution in [3.8, 4) is 0 Å². The highest BCUT2D eigenvalue weighted by Gasteiger charge is 2.29. The van der Waals surface area contributed by atoms with Crippen LogP contribution in [-0.4, -0.2) is 22.7 Å². The molecule has 1 fully saturated rings. The summed E-state index contributed by atoms with van der Waals surface area (Å²) in [6, 6.07) is 8.27. The lowest BCUT2D eigenvalue weighted by atomic mass is 9.79. The fraction of sp³-hybridized carbons (Fsp3) is 0.529. The molecule has 2 aromatic heterocycles. The largest absolute Gasteiger partial charge is 0.378 e. The number of aromatic nitrogens is 2. The monoisotopic (exact) mass is 270 g/mol. The molecule has 3 nitrogen and oxygen atoms in total. The first-order chi connectivity index (χ1) is 9.85. The van der Waals surface area contributed by atoms with Gasteiger partial charge in [-0.2, -0.15) is 0 Å². The van der Waals surface area contributed by atoms with Crippen molar-refractivity contribution in [2.24, 2.45) is 5.92 Å². The van der Waals surface area contributed by atoms with Crippen LogP contribution in [0.1, 0.15) is 38.3 Å². The summed E-state index contributed by atoms with van der Waals surface area (Å²) in [7, 11) is 0. The van der Waals surface area contributed by atoms with Gasteiger partial charge in [-0.05, 0) is 62.3 Å². The summed E-state index contributed by atoms with van der Waals surface area (Å²) in [5.74, 6) is 0.818. The lowest BCUT2D eigenvalue weighted by molar-refractivity contribution is -0.0320. The van der Waals surface area contributed by atoms with E-state index >= 15 is 0 Å². The molecule has 0 bridgehead atoms. The molecule has 0 amide bonds. The van der Waals surface area contributed by atoms with Crippen LogP contribution >= 0.6 is 0 Å². The van der Waals surface area contributed by atoms with Crippen LogP contribution < -0.4 is 0 Å². The molecule has 0 spiro atoms. The van der Waals surface area contributed by atoms with Crippen LogP contribution in [0.4, 0.5) is 0 Å². The minimum absolute atomic E-state index is 0.520. The zero-order chi connectivity index (χ0) is 13.8. The van der Waals surface area contributed by atoms with Crippen molar-refractivity contribution < 1.29 is 4.74 Å². The number of hydrogen-bond donors (Lipinski definition) is 0. The highest BCUT2D eigenvalue weighted by atomic mass is 16.5. The van der Waals surface area contributed by atoms with Crippen molar-refractivity contribution in [3.05, 3.63) is 36.2 Å². The Labute approximate surface area is 120 Å². The molecule has 3 rings (SSSR count). The van der Waals surface area contributed by atoms with E-state index in [4.69, 9.17) is 4.74 Å². The SMILES string of the molecule is CCCO[C@H]1C[C@H](CCc2ccc3cccnc3n2)C1. The first-order valence-electron chi connectivity index (χ1n) is 7.67. The quantitative estimate of drug-likeness (QED) is 0.801. The Balaban J connectivity index is 1.49. The maximum absolute atomic E-state index is 5.74. The van der Waals surface area contributed by atoms with E-state index < -0.39 is 0 Å². The van der Waals surface area contributed by atoms with Gasteiger partial charge in [-0.15, -0.1) is 0 Å². The third-order valence-corrected chi connectivity index (χ3v) is 4.08. The molecule has 1 aliphatic carbocycles. The van der Waals surface area contributed by atoms with Gasteiger partial charge >= 0.3 is 0 Å². The van der Waals surface area contributed by atoms with E-state index in [1.165, 1.54) is 19.3 Å². The zero-order valence-electron chi connectivity index (χ0n) is 12.1. The van der Waals surface area contributed by atoms with Crippen LogP contribution in [0, 0.1) is 5.92 Å². The highest BCUT2D eigenvalue weighted by molar-refractivity contribution is 5.74. The summed E-state index contributed by atoms with van der Waals surface area (Å²) in [6.07, 6.45) is 8.17. The predicted molar refractivity (Wildman–Crippen MR) is 80.6 cm³/mol. The Kier molecular flexibility index (Phi) is 4.26. The standard InChI is InChI=1S/C17H22N2O/c1-2-10-20-16-11-13(12-16)5-7-15-8-6-14-4-3-9-18-17(14)19-15/h3-4,6,8-9,13,16H,2,5,7,10-12H2,1H3/t13-,16-. The van der Waals surface area contributed by atoms with Gasteiger partial charge < -0.3 is 4.74 Å². The Morgan fingerprint density at radius 3 is 3.00 bits per heavy atom. The van der Waals surface area contributed by atoms with Crippen molar-refractivity contribution >= 4 is 11.0 Å². The van der Waals surface area contributed by atoms with Crippen molar-refractivity contribution in [2.75, 3.05) is 6.61 Å². The number of fused-ring (bicyclic) bond motifs is 1. The van der Waals surface area contributed by atoms with Crippen LogP contribution in [0.25, 0.3) is 11.0 Å². The molecule has 0 atom stereocenters. The average molecular weight is 270 g/mol. The van der Waals surface area contributed by atoms with Gasteiger partial charge in [-0.3, -0.25) is 0 Å². The molecule has 1 saturated carbocycles. The van der Waals surface area contributed by atoms with Gasteiger partial charge in [0.2, 0.25) is 0 Å². The highest BCUT2D eigenvalue weighted by Crippen LogP contribution is 2.33. The Morgan fingerprint density at radius 1 is 1.25 bits per heavy atom. The number of pyridine rings is 2. The molecule has 0 unspecified atom stereocenters. The normalized spacial score (nSPS) is 21.9. The van der Waals surface area contributed by atoms with Gasteiger partial charge in [-0.1, -0.05) is 6.92 Å². The Morgan fingerprint density at radius 2 is 2.15 bits per heavy atom. The molecule has 1 aliphatic rings. The summed E-state index contributed by atoms with van der Waals surface area (Å²) in [5.41, 5.74) is 2.02. The summed E-state index contributed by atoms with van der Waals surface area (Å²) >= 11 is 0. The summed E-state index contributed by atoms with van der Waals surface area (Å²) in [5, 5.41) is 1.12. The third kappa shape index (κ3) is 3.15. The van der Waals surface area contributed by atoms with Gasteiger partial charge in [0.05, 0.1) is 6.10 Å². The molecule has 0 radical (unpaired) electrons. The second kappa shape index (κ2) is 6.31. The molecule has 106 valence electrons. The van der Waals surface area contributed by atoms with E-state index in [0.717, 1.165) is 42.1 Å². The van der Waals surface area contributed by atoms with E-state index in [2.05, 4.69) is 35.1 Å². The van der Waals surface area contributed by atoms with E-state index in [-0.39, 0.29) is 0 Å². The molecule has 0 aromatic carbocycles. The number of hydrogen-bond acceptors (Lipinski definition) is 3. The summed E-state index contributed by atoms with van der Waals surface area (Å²) < 4.78 is 5.74. The molecular weight excluding hydrogens is 248 g/mol. The zero-order valence-corrected chi connectivity index (χ0v) is 12.1. The first-order valence-corrected chi connectivity index (χ1v) is 7.67. The maximum Gasteiger partial charge on any atom is 0.159 e. The van der Waals surface area contributed by atoms with E-state index in [1.54, 1.807) is 6.20 Å². The lowest BCUT2D eigenvalue weighted by Crippen LogP contribution is -2.31. The number of rotatable bonds is 6. The van der Waals surface area contributed by atoms with Gasteiger partial charge in [0, 0.05) is 23.9 Å². The molecule has 0 N–H and O–H groups in total. The predicted octanol–water partition coefficient (Wildman–Crippen LogP) is 3.77. The van der Waals surface area contributed by atoms with E-state index in [9.17, 15) is 0 Å². The van der Waals surface area contributed by atoms with Crippen LogP contribution in [-0.2, 0) is 11.2 Å². The van der Waals surface area contributed by atoms with Crippen LogP contribution in [0.15, 0.2) is 30.5 Å². The number of ether oxygens (including phenoxy) is 1. The molecule has 20 heavy (non-hydrogen) atoms. The summed E-state index contributed by atoms with van der Waals surface area (Å²) in [4.78, 5) is 8.95. The van der Waals surface area contributed by atoms with E-state index in [0.29, 0.717) is 6.10 Å². The number of nitrogens with zero attached hydrogens (tertiary/aromatic N) is 2. The van der Waals surface area contributed by atoms with Gasteiger partial charge in [0.1, 0.15) is 0 Å². The second-order valence-electron chi connectivity index (χ2n) is 5.72. The molecular formula is C17H22N2O. The Bertz CT molecular complexity index is 564. The average Bonchev–Trinajstić information content (AvgIpc) is 2.45. The van der Waals surface area contributed by atoms with Crippen molar-refractivity contribution in [2.45, 2.75) is 45.1 Å². The molecule has 0 saturated heterocycles. The van der Waals surface area contributed by atoms with Gasteiger partial charge in [-0.25, -0.2) is 9.97 Å². The minimum atomic E-state index is 0.520. The van der Waals surface area contributed by atoms with Crippen molar-refractivity contribution in [3.63, 3.8) is 0 Å². The molecule has 0 aliphatic heterocycles. The van der Waals surface area contributed by atoms with Gasteiger partial charge in [0.25, 0.3) is 0 Å². The first kappa shape index (κ1) is 13.5. The number of aryl methyl sites for hydroxylation is 1. The van der Waals surface area contributed by atoms with Gasteiger partial charge in [0.15, 0.2) is 5.65 Å². The molecule has 3 heteroatoms. The maximum atomic E-state index is 5.74. The minimum Gasteiger partial charge on any atom is -0.378 e. The molecule has 2 aromatic rings. The fourth-order valence-corrected chi connectivity index (χ4v) is 2.81. The van der Waals surface area contributed by atoms with E-state index in [1.807, 2.05) is 6.07 Å². The van der Waals surface area contributed by atoms with Crippen LogP contribution in [0.5, 0.6) is 0 Å². The van der Waals surface area contributed by atoms with Crippen LogP contribution in [0.2, 0.25) is 0 Å². The third-order valence-electron chi connectivity index (χ3n) is 4.08. The topological polar surface area (TPSA) is 35.0 Å². The van der Waals surface area contributed by atoms with Crippen LogP contribution in [0.3, 0.4) is 0 Å². The smallest absolute Gasteiger partial charge is 0.159 e. The van der Waals surface area contributed by atoms with Crippen molar-refractivity contribution in [1.29, 1.82) is 0 Å². The molecule has 2 heterocycles. The van der Waals surface area contributed by atoms with Crippen molar-refractivity contribution in [1.82, 2.24) is 9.97 Å². The fourth-order valence-electron chi connectivity index (χ4n) is 2.81. The second-order valence-corrected chi connectivity index (χ2v) is 5.72. The summed E-state index contributed by atoms with van der Waals surface area (Å²) in [6.45, 7) is 3.07.